The Hall–Kier alpha value is -1.64. The number of nitrogens with two attached hydrogens (primary N) is 1. The van der Waals surface area contributed by atoms with Gasteiger partial charge in [0, 0.05) is 25.1 Å². The van der Waals surface area contributed by atoms with E-state index in [-0.39, 0.29) is 23.2 Å². The molecule has 7 nitrogen and oxygen atoms in total. The van der Waals surface area contributed by atoms with E-state index in [9.17, 15) is 13.2 Å². The maximum absolute atomic E-state index is 12.3. The number of rotatable bonds is 6. The molecule has 1 amide bonds. The van der Waals surface area contributed by atoms with Crippen molar-refractivity contribution in [3.63, 3.8) is 0 Å². The maximum Gasteiger partial charge on any atom is 0.262 e. The predicted molar refractivity (Wildman–Crippen MR) is 92.5 cm³/mol. The van der Waals surface area contributed by atoms with Crippen molar-refractivity contribution < 1.29 is 13.2 Å². The molecule has 0 aliphatic carbocycles. The lowest BCUT2D eigenvalue weighted by Gasteiger charge is -2.10. The number of hydrogen-bond donors (Lipinski definition) is 3. The second-order valence-corrected chi connectivity index (χ2v) is 6.69. The second-order valence-electron chi connectivity index (χ2n) is 5.01. The Kier molecular flexibility index (Phi) is 7.47. The largest absolute Gasteiger partial charge is 0.330 e. The number of halogens is 1. The third-order valence-electron chi connectivity index (χ3n) is 3.16. The Balaban J connectivity index is 0.00000264. The Labute approximate surface area is 142 Å². The lowest BCUT2D eigenvalue weighted by Crippen LogP contribution is -2.29. The van der Waals surface area contributed by atoms with Crippen molar-refractivity contribution in [2.75, 3.05) is 18.4 Å². The van der Waals surface area contributed by atoms with E-state index in [0.29, 0.717) is 43.9 Å². The topological polar surface area (TPSA) is 114 Å². The quantitative estimate of drug-likeness (QED) is 0.708. The van der Waals surface area contributed by atoms with Crippen LogP contribution in [0.5, 0.6) is 0 Å². The molecule has 1 heterocycles. The Morgan fingerprint density at radius 2 is 2.13 bits per heavy atom. The highest BCUT2D eigenvalue weighted by Crippen LogP contribution is 2.16. The molecule has 0 spiro atoms. The van der Waals surface area contributed by atoms with Gasteiger partial charge in [-0.05, 0) is 37.6 Å². The molecule has 128 valence electrons. The Morgan fingerprint density at radius 1 is 1.35 bits per heavy atom. The van der Waals surface area contributed by atoms with E-state index in [1.807, 2.05) is 0 Å². The van der Waals surface area contributed by atoms with Crippen molar-refractivity contribution in [3.05, 3.63) is 24.3 Å². The van der Waals surface area contributed by atoms with Gasteiger partial charge in [0.25, 0.3) is 10.0 Å². The summed E-state index contributed by atoms with van der Waals surface area (Å²) in [7, 11) is -3.67. The highest BCUT2D eigenvalue weighted by Gasteiger charge is 2.18. The average molecular weight is 361 g/mol. The maximum atomic E-state index is 12.3. The normalized spacial score (nSPS) is 13.9. The van der Waals surface area contributed by atoms with Gasteiger partial charge < -0.3 is 11.1 Å². The molecule has 1 aromatic rings. The molecule has 0 aromatic heterocycles. The fourth-order valence-corrected chi connectivity index (χ4v) is 3.20. The Morgan fingerprint density at radius 3 is 2.78 bits per heavy atom. The molecular formula is C14H21ClN4O3S. The van der Waals surface area contributed by atoms with E-state index in [1.165, 1.54) is 12.1 Å². The number of nitrogens with one attached hydrogen (secondary N) is 2. The Bertz CT molecular complexity index is 676. The number of carbonyl (C=O) groups excluding carboxylic acids is 1. The smallest absolute Gasteiger partial charge is 0.262 e. The first-order valence-electron chi connectivity index (χ1n) is 7.17. The highest BCUT2D eigenvalue weighted by atomic mass is 35.5. The minimum atomic E-state index is -3.67. The van der Waals surface area contributed by atoms with Crippen molar-refractivity contribution in [1.29, 1.82) is 0 Å². The van der Waals surface area contributed by atoms with Gasteiger partial charge in [0.05, 0.1) is 4.90 Å². The van der Waals surface area contributed by atoms with Gasteiger partial charge >= 0.3 is 0 Å². The molecule has 0 atom stereocenters. The first-order valence-corrected chi connectivity index (χ1v) is 8.66. The van der Waals surface area contributed by atoms with Crippen LogP contribution >= 0.6 is 12.4 Å². The van der Waals surface area contributed by atoms with Crippen molar-refractivity contribution >= 4 is 39.9 Å². The van der Waals surface area contributed by atoms with Gasteiger partial charge in [-0.25, -0.2) is 8.42 Å². The zero-order valence-electron chi connectivity index (χ0n) is 12.6. The molecule has 0 fully saturated rings. The van der Waals surface area contributed by atoms with E-state index >= 15 is 0 Å². The van der Waals surface area contributed by atoms with Gasteiger partial charge in [-0.15, -0.1) is 12.4 Å². The summed E-state index contributed by atoms with van der Waals surface area (Å²) in [6, 6.07) is 6.14. The van der Waals surface area contributed by atoms with Crippen LogP contribution in [0.2, 0.25) is 0 Å². The summed E-state index contributed by atoms with van der Waals surface area (Å²) in [4.78, 5) is 15.9. The first kappa shape index (κ1) is 19.4. The molecule has 1 aliphatic heterocycles. The van der Waals surface area contributed by atoms with E-state index in [2.05, 4.69) is 15.0 Å². The number of aliphatic imine (C=N–C) groups is 1. The SMILES string of the molecule is Cl.NCCCC(=O)Nc1cccc(S(=O)(=O)NC2=NCCC2)c1. The van der Waals surface area contributed by atoms with Crippen LogP contribution in [-0.4, -0.2) is 33.3 Å². The molecule has 1 aromatic carbocycles. The number of carbonyl (C=O) groups is 1. The van der Waals surface area contributed by atoms with Crippen LogP contribution < -0.4 is 15.8 Å². The van der Waals surface area contributed by atoms with Gasteiger partial charge in [-0.3, -0.25) is 14.5 Å². The average Bonchev–Trinajstić information content (AvgIpc) is 2.97. The molecular weight excluding hydrogens is 340 g/mol. The van der Waals surface area contributed by atoms with Crippen molar-refractivity contribution in [2.45, 2.75) is 30.6 Å². The second kappa shape index (κ2) is 8.85. The van der Waals surface area contributed by atoms with Crippen LogP contribution in [0.25, 0.3) is 0 Å². The van der Waals surface area contributed by atoms with Crippen LogP contribution in [-0.2, 0) is 14.8 Å². The fraction of sp³-hybridized carbons (Fsp3) is 0.429. The lowest BCUT2D eigenvalue weighted by atomic mass is 10.2. The molecule has 0 saturated carbocycles. The first-order chi connectivity index (χ1) is 10.5. The summed E-state index contributed by atoms with van der Waals surface area (Å²) in [5.41, 5.74) is 5.79. The minimum absolute atomic E-state index is 0. The van der Waals surface area contributed by atoms with Crippen LogP contribution in [0.1, 0.15) is 25.7 Å². The molecule has 23 heavy (non-hydrogen) atoms. The van der Waals surface area contributed by atoms with Gasteiger partial charge in [-0.2, -0.15) is 0 Å². The number of nitrogens with zero attached hydrogens (tertiary/aromatic N) is 1. The third-order valence-corrected chi connectivity index (χ3v) is 4.54. The van der Waals surface area contributed by atoms with Gasteiger partial charge in [0.15, 0.2) is 0 Å². The summed E-state index contributed by atoms with van der Waals surface area (Å²) in [6.07, 6.45) is 2.39. The molecule has 2 rings (SSSR count). The van der Waals surface area contributed by atoms with Gasteiger partial charge in [0.1, 0.15) is 5.84 Å². The zero-order chi connectivity index (χ0) is 16.0. The van der Waals surface area contributed by atoms with Gasteiger partial charge in [0.2, 0.25) is 5.91 Å². The molecule has 0 unspecified atom stereocenters. The fourth-order valence-electron chi connectivity index (χ4n) is 2.06. The summed E-state index contributed by atoms with van der Waals surface area (Å²) >= 11 is 0. The van der Waals surface area contributed by atoms with E-state index in [4.69, 9.17) is 5.73 Å². The van der Waals surface area contributed by atoms with Crippen LogP contribution in [0, 0.1) is 0 Å². The molecule has 9 heteroatoms. The van der Waals surface area contributed by atoms with Crippen LogP contribution in [0.4, 0.5) is 5.69 Å². The summed E-state index contributed by atoms with van der Waals surface area (Å²) in [5, 5.41) is 2.67. The highest BCUT2D eigenvalue weighted by molar-refractivity contribution is 7.90. The van der Waals surface area contributed by atoms with Crippen LogP contribution in [0.3, 0.4) is 0 Å². The summed E-state index contributed by atoms with van der Waals surface area (Å²) in [6.45, 7) is 1.09. The molecule has 4 N–H and O–H groups in total. The van der Waals surface area contributed by atoms with Crippen molar-refractivity contribution in [1.82, 2.24) is 4.72 Å². The third kappa shape index (κ3) is 5.81. The predicted octanol–water partition coefficient (Wildman–Crippen LogP) is 1.26. The lowest BCUT2D eigenvalue weighted by molar-refractivity contribution is -0.116. The number of sulfonamides is 1. The van der Waals surface area contributed by atoms with Crippen LogP contribution in [0.15, 0.2) is 34.2 Å². The van der Waals surface area contributed by atoms with E-state index in [0.717, 1.165) is 6.42 Å². The van der Waals surface area contributed by atoms with Gasteiger partial charge in [-0.1, -0.05) is 6.07 Å². The number of amidine groups is 1. The molecule has 0 radical (unpaired) electrons. The van der Waals surface area contributed by atoms with Crippen molar-refractivity contribution in [2.24, 2.45) is 10.7 Å². The summed E-state index contributed by atoms with van der Waals surface area (Å²) < 4.78 is 27.0. The molecule has 0 bridgehead atoms. The summed E-state index contributed by atoms with van der Waals surface area (Å²) in [5.74, 6) is 0.297. The number of amides is 1. The standard InChI is InChI=1S/C14H20N4O3S.ClH/c15-8-2-7-14(19)17-11-4-1-5-12(10-11)22(20,21)18-13-6-3-9-16-13;/h1,4-5,10H,2-3,6-9,15H2,(H,16,18)(H,17,19);1H. The monoisotopic (exact) mass is 360 g/mol. The number of benzene rings is 1. The number of anilines is 1. The minimum Gasteiger partial charge on any atom is -0.330 e. The zero-order valence-corrected chi connectivity index (χ0v) is 14.3. The molecule has 1 aliphatic rings. The van der Waals surface area contributed by atoms with E-state index in [1.54, 1.807) is 12.1 Å². The number of hydrogen-bond acceptors (Lipinski definition) is 5. The van der Waals surface area contributed by atoms with E-state index < -0.39 is 10.0 Å². The van der Waals surface area contributed by atoms with Crippen molar-refractivity contribution in [3.8, 4) is 0 Å². The molecule has 0 saturated heterocycles.